The number of hydrogen-bond donors (Lipinski definition) is 1. The monoisotopic (exact) mass is 341 g/mol. The number of thioether (sulfide) groups is 1. The first kappa shape index (κ1) is 17.9. The van der Waals surface area contributed by atoms with E-state index in [1.54, 1.807) is 6.07 Å². The fraction of sp³-hybridized carbons (Fsp3) is 0.636. The van der Waals surface area contributed by atoms with Gasteiger partial charge in [0.25, 0.3) is 6.48 Å². The predicted molar refractivity (Wildman–Crippen MR) is 79.5 cm³/mol. The summed E-state index contributed by atoms with van der Waals surface area (Å²) in [6, 6.07) is 1.58. The van der Waals surface area contributed by atoms with Crippen molar-refractivity contribution < 1.29 is 22.6 Å². The summed E-state index contributed by atoms with van der Waals surface area (Å²) in [5.74, 6) is 0.665. The normalized spacial score (nSPS) is 13.6. The molecule has 1 aromatic heterocycles. The molecule has 0 bridgehead atoms. The number of hydrogen-bond acceptors (Lipinski definition) is 7. The first-order valence-electron chi connectivity index (χ1n) is 5.90. The van der Waals surface area contributed by atoms with E-state index in [-0.39, 0.29) is 4.21 Å². The zero-order valence-corrected chi connectivity index (χ0v) is 14.1. The van der Waals surface area contributed by atoms with Gasteiger partial charge in [-0.3, -0.25) is 0 Å². The van der Waals surface area contributed by atoms with E-state index in [4.69, 9.17) is 19.3 Å². The maximum Gasteiger partial charge on any atom is 0.271 e. The van der Waals surface area contributed by atoms with Crippen molar-refractivity contribution in [3.63, 3.8) is 0 Å². The molecular formula is C11H19NO5S3. The van der Waals surface area contributed by atoms with E-state index in [0.717, 1.165) is 9.77 Å². The number of aryl methyl sites for hydroxylation is 1. The number of methoxy groups -OCH3 is 1. The maximum absolute atomic E-state index is 11.2. The van der Waals surface area contributed by atoms with E-state index in [9.17, 15) is 8.42 Å². The van der Waals surface area contributed by atoms with Crippen LogP contribution in [-0.2, 0) is 24.2 Å². The van der Waals surface area contributed by atoms with E-state index in [1.165, 1.54) is 30.2 Å². The Morgan fingerprint density at radius 3 is 2.65 bits per heavy atom. The van der Waals surface area contributed by atoms with Crippen LogP contribution in [0.15, 0.2) is 14.5 Å². The second-order valence-electron chi connectivity index (χ2n) is 3.78. The van der Waals surface area contributed by atoms with Gasteiger partial charge in [0.2, 0.25) is 10.0 Å². The van der Waals surface area contributed by atoms with Gasteiger partial charge in [-0.05, 0) is 25.5 Å². The molecule has 1 aromatic rings. The molecule has 20 heavy (non-hydrogen) atoms. The molecule has 0 aromatic carbocycles. The van der Waals surface area contributed by atoms with E-state index in [2.05, 4.69) is 0 Å². The number of thiophene rings is 1. The minimum Gasteiger partial charge on any atom is -0.333 e. The highest BCUT2D eigenvalue weighted by molar-refractivity contribution is 8.01. The van der Waals surface area contributed by atoms with Crippen LogP contribution in [0.5, 0.6) is 0 Å². The molecule has 0 aliphatic rings. The summed E-state index contributed by atoms with van der Waals surface area (Å²) in [5.41, 5.74) is 0.900. The Kier molecular flexibility index (Phi) is 7.45. The van der Waals surface area contributed by atoms with Crippen LogP contribution < -0.4 is 5.14 Å². The molecule has 1 atom stereocenters. The predicted octanol–water partition coefficient (Wildman–Crippen LogP) is 1.78. The fourth-order valence-corrected chi connectivity index (χ4v) is 4.58. The van der Waals surface area contributed by atoms with Crippen molar-refractivity contribution >= 4 is 33.1 Å². The molecule has 0 spiro atoms. The first-order chi connectivity index (χ1) is 9.38. The number of rotatable bonds is 9. The smallest absolute Gasteiger partial charge is 0.271 e. The molecule has 1 heterocycles. The van der Waals surface area contributed by atoms with Gasteiger partial charge in [-0.1, -0.05) is 0 Å². The van der Waals surface area contributed by atoms with Crippen LogP contribution in [0.2, 0.25) is 0 Å². The Morgan fingerprint density at radius 1 is 1.45 bits per heavy atom. The second kappa shape index (κ2) is 8.32. The highest BCUT2D eigenvalue weighted by atomic mass is 32.3. The lowest BCUT2D eigenvalue weighted by Crippen LogP contribution is -2.20. The molecular weight excluding hydrogens is 322 g/mol. The van der Waals surface area contributed by atoms with Crippen LogP contribution >= 0.6 is 23.1 Å². The van der Waals surface area contributed by atoms with Gasteiger partial charge in [-0.2, -0.15) is 0 Å². The van der Waals surface area contributed by atoms with Crippen molar-refractivity contribution in [3.8, 4) is 0 Å². The van der Waals surface area contributed by atoms with Crippen molar-refractivity contribution in [2.75, 3.05) is 26.1 Å². The topological polar surface area (TPSA) is 87.8 Å². The number of nitrogens with two attached hydrogens (primary N) is 1. The fourth-order valence-electron chi connectivity index (χ4n) is 1.32. The van der Waals surface area contributed by atoms with Gasteiger partial charge in [0.05, 0.1) is 10.8 Å². The third-order valence-corrected chi connectivity index (χ3v) is 6.21. The van der Waals surface area contributed by atoms with Gasteiger partial charge in [0, 0.05) is 19.5 Å². The van der Waals surface area contributed by atoms with Crippen molar-refractivity contribution in [1.82, 2.24) is 0 Å². The SMILES string of the molecule is CCOC(OC)OCCSc1sc(S(N)(=O)=O)cc1C. The minimum atomic E-state index is -3.63. The first-order valence-corrected chi connectivity index (χ1v) is 9.25. The molecule has 116 valence electrons. The van der Waals surface area contributed by atoms with Gasteiger partial charge in [0.15, 0.2) is 0 Å². The molecule has 0 aliphatic carbocycles. The molecule has 0 fully saturated rings. The lowest BCUT2D eigenvalue weighted by Gasteiger charge is -2.15. The quantitative estimate of drug-likeness (QED) is 0.418. The van der Waals surface area contributed by atoms with E-state index in [1.807, 2.05) is 13.8 Å². The molecule has 9 heteroatoms. The van der Waals surface area contributed by atoms with Crippen LogP contribution in [0.3, 0.4) is 0 Å². The highest BCUT2D eigenvalue weighted by Gasteiger charge is 2.15. The van der Waals surface area contributed by atoms with Crippen LogP contribution in [0.4, 0.5) is 0 Å². The Bertz CT molecular complexity index is 514. The van der Waals surface area contributed by atoms with E-state index >= 15 is 0 Å². The third-order valence-electron chi connectivity index (χ3n) is 2.20. The molecule has 0 amide bonds. The van der Waals surface area contributed by atoms with Gasteiger partial charge in [-0.15, -0.1) is 23.1 Å². The van der Waals surface area contributed by atoms with Gasteiger partial charge in [0.1, 0.15) is 4.21 Å². The van der Waals surface area contributed by atoms with E-state index in [0.29, 0.717) is 19.0 Å². The van der Waals surface area contributed by atoms with Gasteiger partial charge >= 0.3 is 0 Å². The number of sulfonamides is 1. The van der Waals surface area contributed by atoms with Crippen molar-refractivity contribution in [2.24, 2.45) is 5.14 Å². The Balaban J connectivity index is 2.45. The summed E-state index contributed by atoms with van der Waals surface area (Å²) in [5, 5.41) is 5.10. The second-order valence-corrected chi connectivity index (χ2v) is 7.98. The summed E-state index contributed by atoms with van der Waals surface area (Å²) in [4.78, 5) is 0. The van der Waals surface area contributed by atoms with Crippen LogP contribution in [0.25, 0.3) is 0 Å². The summed E-state index contributed by atoms with van der Waals surface area (Å²) in [6.07, 6.45) is 0. The zero-order chi connectivity index (χ0) is 15.2. The standard InChI is InChI=1S/C11H19NO5S3/c1-4-16-11(15-3)17-5-6-18-10-8(2)7-9(19-10)20(12,13)14/h7,11H,4-6H2,1-3H3,(H2,12,13,14). The molecule has 2 N–H and O–H groups in total. The summed E-state index contributed by atoms with van der Waals surface area (Å²) >= 11 is 2.69. The Hall–Kier alpha value is -0.160. The Labute approximate surface area is 127 Å². The van der Waals surface area contributed by atoms with Crippen LogP contribution in [0, 0.1) is 6.92 Å². The highest BCUT2D eigenvalue weighted by Crippen LogP contribution is 2.33. The molecule has 6 nitrogen and oxygen atoms in total. The zero-order valence-electron chi connectivity index (χ0n) is 11.6. The third kappa shape index (κ3) is 5.68. The van der Waals surface area contributed by atoms with Crippen molar-refractivity contribution in [2.45, 2.75) is 28.7 Å². The summed E-state index contributed by atoms with van der Waals surface area (Å²) in [7, 11) is -2.12. The van der Waals surface area contributed by atoms with Gasteiger partial charge in [-0.25, -0.2) is 13.6 Å². The molecule has 0 aliphatic heterocycles. The molecule has 1 rings (SSSR count). The lowest BCUT2D eigenvalue weighted by atomic mass is 10.4. The summed E-state index contributed by atoms with van der Waals surface area (Å²) in [6.45, 7) is 3.99. The molecule has 0 saturated heterocycles. The summed E-state index contributed by atoms with van der Waals surface area (Å²) < 4.78 is 39.1. The maximum atomic E-state index is 11.2. The molecule has 1 unspecified atom stereocenters. The number of ether oxygens (including phenoxy) is 3. The molecule has 0 radical (unpaired) electrons. The average molecular weight is 341 g/mol. The minimum absolute atomic E-state index is 0.183. The van der Waals surface area contributed by atoms with E-state index < -0.39 is 16.5 Å². The largest absolute Gasteiger partial charge is 0.333 e. The number of primary sulfonamides is 1. The van der Waals surface area contributed by atoms with Crippen LogP contribution in [0.1, 0.15) is 12.5 Å². The Morgan fingerprint density at radius 2 is 2.15 bits per heavy atom. The van der Waals surface area contributed by atoms with Crippen LogP contribution in [-0.4, -0.2) is 41.0 Å². The lowest BCUT2D eigenvalue weighted by molar-refractivity contribution is -0.272. The van der Waals surface area contributed by atoms with Gasteiger partial charge < -0.3 is 14.2 Å². The van der Waals surface area contributed by atoms with Crippen molar-refractivity contribution in [1.29, 1.82) is 0 Å². The average Bonchev–Trinajstić information content (AvgIpc) is 2.74. The van der Waals surface area contributed by atoms with Crippen molar-refractivity contribution in [3.05, 3.63) is 11.6 Å². The molecule has 0 saturated carbocycles.